The number of amides is 1. The number of carbonyl (C=O) groups is 1. The maximum Gasteiger partial charge on any atom is 0.332 e. The molecule has 9 heteroatoms. The molecular formula is C17H21N3O5S. The van der Waals surface area contributed by atoms with Gasteiger partial charge in [-0.2, -0.15) is 0 Å². The molecule has 0 fully saturated rings. The summed E-state index contributed by atoms with van der Waals surface area (Å²) >= 11 is 0. The van der Waals surface area contributed by atoms with E-state index in [1.807, 2.05) is 35.9 Å². The highest BCUT2D eigenvalue weighted by atomic mass is 32.2. The number of aromatic nitrogens is 2. The third-order valence-corrected chi connectivity index (χ3v) is 4.48. The molecule has 0 aliphatic rings. The first kappa shape index (κ1) is 19.6. The van der Waals surface area contributed by atoms with E-state index in [2.05, 4.69) is 0 Å². The van der Waals surface area contributed by atoms with Crippen molar-refractivity contribution in [1.29, 1.82) is 0 Å². The Morgan fingerprint density at radius 1 is 1.12 bits per heavy atom. The first-order valence-corrected chi connectivity index (χ1v) is 9.72. The van der Waals surface area contributed by atoms with Crippen LogP contribution in [0.1, 0.15) is 25.0 Å². The number of hydrogen-bond acceptors (Lipinski definition) is 5. The molecule has 2 aromatic rings. The molecule has 0 aliphatic heterocycles. The molecule has 0 atom stereocenters. The predicted molar refractivity (Wildman–Crippen MR) is 97.6 cm³/mol. The molecule has 26 heavy (non-hydrogen) atoms. The third-order valence-electron chi connectivity index (χ3n) is 3.92. The van der Waals surface area contributed by atoms with E-state index in [1.165, 1.54) is 30.7 Å². The monoisotopic (exact) mass is 379 g/mol. The van der Waals surface area contributed by atoms with Gasteiger partial charge < -0.3 is 0 Å². The molecule has 2 rings (SSSR count). The van der Waals surface area contributed by atoms with Crippen LogP contribution in [0.3, 0.4) is 0 Å². The lowest BCUT2D eigenvalue weighted by atomic mass is 10.0. The minimum Gasteiger partial charge on any atom is -0.296 e. The summed E-state index contributed by atoms with van der Waals surface area (Å²) in [5, 5.41) is 0. The van der Waals surface area contributed by atoms with Gasteiger partial charge in [0, 0.05) is 12.3 Å². The molecule has 1 aromatic carbocycles. The van der Waals surface area contributed by atoms with E-state index < -0.39 is 32.7 Å². The van der Waals surface area contributed by atoms with Gasteiger partial charge in [0.1, 0.15) is 5.54 Å². The first-order valence-electron chi connectivity index (χ1n) is 7.82. The van der Waals surface area contributed by atoms with Crippen molar-refractivity contribution in [2.24, 2.45) is 0 Å². The maximum absolute atomic E-state index is 12.8. The van der Waals surface area contributed by atoms with Gasteiger partial charge in [0.25, 0.3) is 11.5 Å². The molecule has 0 aliphatic carbocycles. The Balaban J connectivity index is 2.49. The lowest BCUT2D eigenvalue weighted by Crippen LogP contribution is -2.56. The summed E-state index contributed by atoms with van der Waals surface area (Å²) in [5.41, 5.74) is -1.16. The second-order valence-corrected chi connectivity index (χ2v) is 8.40. The summed E-state index contributed by atoms with van der Waals surface area (Å²) < 4.78 is 26.5. The van der Waals surface area contributed by atoms with E-state index in [0.29, 0.717) is 0 Å². The fourth-order valence-electron chi connectivity index (χ4n) is 2.43. The standard InChI is InChI=1S/C17H21N3O5S/c1-12-5-7-13(8-6-12)11-19-10-9-14(21)20(16(19)23)17(2,3)15(22)18-26(4,24)25/h5-10H,11H2,1-4H3,(H,18,22). The van der Waals surface area contributed by atoms with Crippen LogP contribution in [0, 0.1) is 6.92 Å². The van der Waals surface area contributed by atoms with Gasteiger partial charge >= 0.3 is 5.69 Å². The van der Waals surface area contributed by atoms with Crippen LogP contribution in [-0.4, -0.2) is 29.7 Å². The van der Waals surface area contributed by atoms with Crippen molar-refractivity contribution in [2.45, 2.75) is 32.9 Å². The molecule has 0 radical (unpaired) electrons. The highest BCUT2D eigenvalue weighted by molar-refractivity contribution is 7.89. The van der Waals surface area contributed by atoms with Crippen LogP contribution < -0.4 is 16.0 Å². The smallest absolute Gasteiger partial charge is 0.296 e. The topological polar surface area (TPSA) is 107 Å². The summed E-state index contributed by atoms with van der Waals surface area (Å²) in [4.78, 5) is 37.3. The summed E-state index contributed by atoms with van der Waals surface area (Å²) in [6.45, 7) is 4.78. The SMILES string of the molecule is Cc1ccc(Cn2ccc(=O)n(C(C)(C)C(=O)NS(C)(=O)=O)c2=O)cc1. The lowest BCUT2D eigenvalue weighted by molar-refractivity contribution is -0.126. The molecule has 0 saturated heterocycles. The zero-order chi connectivity index (χ0) is 19.7. The Labute approximate surface area is 151 Å². The maximum atomic E-state index is 12.8. The van der Waals surface area contributed by atoms with Crippen molar-refractivity contribution in [3.05, 3.63) is 68.5 Å². The summed E-state index contributed by atoms with van der Waals surface area (Å²) in [5.74, 6) is -0.965. The average Bonchev–Trinajstić information content (AvgIpc) is 2.50. The van der Waals surface area contributed by atoms with Gasteiger partial charge in [0.05, 0.1) is 12.8 Å². The molecule has 1 N–H and O–H groups in total. The quantitative estimate of drug-likeness (QED) is 0.797. The van der Waals surface area contributed by atoms with Gasteiger partial charge in [0.15, 0.2) is 0 Å². The zero-order valence-electron chi connectivity index (χ0n) is 15.0. The Morgan fingerprint density at radius 3 is 2.23 bits per heavy atom. The van der Waals surface area contributed by atoms with E-state index in [1.54, 1.807) is 0 Å². The largest absolute Gasteiger partial charge is 0.332 e. The summed E-state index contributed by atoms with van der Waals surface area (Å²) in [6, 6.07) is 8.70. The van der Waals surface area contributed by atoms with Gasteiger partial charge in [-0.1, -0.05) is 29.8 Å². The van der Waals surface area contributed by atoms with Crippen LogP contribution >= 0.6 is 0 Å². The Bertz CT molecular complexity index is 1050. The van der Waals surface area contributed by atoms with Gasteiger partial charge in [-0.15, -0.1) is 0 Å². The molecule has 0 saturated carbocycles. The molecule has 1 aromatic heterocycles. The Kier molecular flexibility index (Phi) is 5.22. The van der Waals surface area contributed by atoms with Crippen molar-refractivity contribution in [1.82, 2.24) is 13.9 Å². The normalized spacial score (nSPS) is 12.0. The second kappa shape index (κ2) is 6.91. The van der Waals surface area contributed by atoms with Gasteiger partial charge in [-0.3, -0.25) is 18.9 Å². The van der Waals surface area contributed by atoms with Gasteiger partial charge in [-0.25, -0.2) is 17.8 Å². The number of sulfonamides is 1. The highest BCUT2D eigenvalue weighted by Crippen LogP contribution is 2.11. The van der Waals surface area contributed by atoms with Crippen molar-refractivity contribution in [3.63, 3.8) is 0 Å². The molecule has 0 unspecified atom stereocenters. The molecular weight excluding hydrogens is 358 g/mol. The second-order valence-electron chi connectivity index (χ2n) is 6.65. The number of aryl methyl sites for hydroxylation is 1. The van der Waals surface area contributed by atoms with E-state index >= 15 is 0 Å². The predicted octanol–water partition coefficient (Wildman–Crippen LogP) is 0.178. The fourth-order valence-corrected chi connectivity index (χ4v) is 3.02. The number of nitrogens with zero attached hydrogens (tertiary/aromatic N) is 2. The number of nitrogens with one attached hydrogen (secondary N) is 1. The number of carbonyl (C=O) groups excluding carboxylic acids is 1. The Hall–Kier alpha value is -2.68. The van der Waals surface area contributed by atoms with Gasteiger partial charge in [-0.05, 0) is 26.3 Å². The molecule has 0 spiro atoms. The van der Waals surface area contributed by atoms with E-state index in [9.17, 15) is 22.8 Å². The molecule has 140 valence electrons. The molecule has 8 nitrogen and oxygen atoms in total. The van der Waals surface area contributed by atoms with E-state index in [0.717, 1.165) is 21.9 Å². The van der Waals surface area contributed by atoms with Crippen molar-refractivity contribution >= 4 is 15.9 Å². The van der Waals surface area contributed by atoms with Crippen molar-refractivity contribution < 1.29 is 13.2 Å². The van der Waals surface area contributed by atoms with Crippen molar-refractivity contribution in [2.75, 3.05) is 6.26 Å². The number of hydrogen-bond donors (Lipinski definition) is 1. The van der Waals surface area contributed by atoms with Crippen LogP contribution in [0.4, 0.5) is 0 Å². The van der Waals surface area contributed by atoms with Crippen LogP contribution in [0.25, 0.3) is 0 Å². The van der Waals surface area contributed by atoms with E-state index in [-0.39, 0.29) is 6.54 Å². The lowest BCUT2D eigenvalue weighted by Gasteiger charge is -2.25. The van der Waals surface area contributed by atoms with Crippen LogP contribution in [-0.2, 0) is 26.9 Å². The molecule has 1 amide bonds. The van der Waals surface area contributed by atoms with Crippen LogP contribution in [0.5, 0.6) is 0 Å². The zero-order valence-corrected chi connectivity index (χ0v) is 15.8. The van der Waals surface area contributed by atoms with Gasteiger partial charge in [0.2, 0.25) is 10.0 Å². The van der Waals surface area contributed by atoms with Crippen molar-refractivity contribution in [3.8, 4) is 0 Å². The van der Waals surface area contributed by atoms with Crippen LogP contribution in [0.15, 0.2) is 46.1 Å². The Morgan fingerprint density at radius 2 is 1.69 bits per heavy atom. The number of benzene rings is 1. The average molecular weight is 379 g/mol. The molecule has 0 bridgehead atoms. The minimum atomic E-state index is -3.83. The van der Waals surface area contributed by atoms with Crippen LogP contribution in [0.2, 0.25) is 0 Å². The highest BCUT2D eigenvalue weighted by Gasteiger charge is 2.34. The third kappa shape index (κ3) is 4.29. The fraction of sp³-hybridized carbons (Fsp3) is 0.353. The van der Waals surface area contributed by atoms with E-state index in [4.69, 9.17) is 0 Å². The first-order chi connectivity index (χ1) is 11.9. The minimum absolute atomic E-state index is 0.211. The summed E-state index contributed by atoms with van der Waals surface area (Å²) in [7, 11) is -3.83. The number of rotatable bonds is 5. The molecule has 1 heterocycles. The summed E-state index contributed by atoms with van der Waals surface area (Å²) in [6.07, 6.45) is 2.18.